The summed E-state index contributed by atoms with van der Waals surface area (Å²) in [5, 5.41) is 5.02. The SMILES string of the molecule is O=C(COC(=O)c1cc2cc(F)ccc2s1)NC(=O)NCc1ccco1. The number of thiophene rings is 1. The topological polar surface area (TPSA) is 97.6 Å². The third-order valence-corrected chi connectivity index (χ3v) is 4.37. The molecule has 26 heavy (non-hydrogen) atoms. The number of benzene rings is 1. The highest BCUT2D eigenvalue weighted by Gasteiger charge is 2.15. The van der Waals surface area contributed by atoms with Crippen molar-refractivity contribution in [3.63, 3.8) is 0 Å². The van der Waals surface area contributed by atoms with E-state index in [1.807, 2.05) is 5.32 Å². The third-order valence-electron chi connectivity index (χ3n) is 3.27. The lowest BCUT2D eigenvalue weighted by Gasteiger charge is -2.06. The van der Waals surface area contributed by atoms with Crippen LogP contribution in [-0.2, 0) is 16.1 Å². The average Bonchev–Trinajstić information content (AvgIpc) is 3.26. The molecular weight excluding hydrogens is 363 g/mol. The average molecular weight is 376 g/mol. The van der Waals surface area contributed by atoms with Gasteiger partial charge in [-0.05, 0) is 41.8 Å². The van der Waals surface area contributed by atoms with Crippen LogP contribution >= 0.6 is 11.3 Å². The van der Waals surface area contributed by atoms with Gasteiger partial charge >= 0.3 is 12.0 Å². The van der Waals surface area contributed by atoms with Gasteiger partial charge in [-0.1, -0.05) is 0 Å². The van der Waals surface area contributed by atoms with E-state index >= 15 is 0 Å². The Balaban J connectivity index is 1.47. The lowest BCUT2D eigenvalue weighted by Crippen LogP contribution is -2.41. The fourth-order valence-corrected chi connectivity index (χ4v) is 3.04. The zero-order chi connectivity index (χ0) is 18.5. The summed E-state index contributed by atoms with van der Waals surface area (Å²) in [5.74, 6) is -1.38. The van der Waals surface area contributed by atoms with Gasteiger partial charge in [0.15, 0.2) is 6.61 Å². The van der Waals surface area contributed by atoms with E-state index in [-0.39, 0.29) is 11.4 Å². The normalized spacial score (nSPS) is 10.5. The fraction of sp³-hybridized carbons (Fsp3) is 0.118. The van der Waals surface area contributed by atoms with Gasteiger partial charge in [0.2, 0.25) is 0 Å². The molecule has 9 heteroatoms. The molecule has 0 unspecified atom stereocenters. The smallest absolute Gasteiger partial charge is 0.348 e. The molecule has 2 heterocycles. The van der Waals surface area contributed by atoms with E-state index < -0.39 is 30.3 Å². The predicted octanol–water partition coefficient (Wildman–Crippen LogP) is 2.82. The third kappa shape index (κ3) is 4.45. The summed E-state index contributed by atoms with van der Waals surface area (Å²) in [6.07, 6.45) is 1.46. The maximum atomic E-state index is 13.2. The molecule has 0 aliphatic rings. The van der Waals surface area contributed by atoms with Crippen molar-refractivity contribution >= 4 is 39.3 Å². The minimum atomic E-state index is -0.776. The van der Waals surface area contributed by atoms with Crippen LogP contribution in [0.1, 0.15) is 15.4 Å². The summed E-state index contributed by atoms with van der Waals surface area (Å²) in [5.41, 5.74) is 0. The van der Waals surface area contributed by atoms with E-state index in [4.69, 9.17) is 9.15 Å². The Kier molecular flexibility index (Phi) is 5.28. The second-order valence-corrected chi connectivity index (χ2v) is 6.26. The zero-order valence-electron chi connectivity index (χ0n) is 13.3. The number of carbonyl (C=O) groups excluding carboxylic acids is 3. The molecule has 0 bridgehead atoms. The number of imide groups is 1. The van der Waals surface area contributed by atoms with E-state index in [2.05, 4.69) is 5.32 Å². The minimum absolute atomic E-state index is 0.115. The van der Waals surface area contributed by atoms with Crippen molar-refractivity contribution in [3.8, 4) is 0 Å². The molecule has 0 radical (unpaired) electrons. The summed E-state index contributed by atoms with van der Waals surface area (Å²) >= 11 is 1.12. The number of fused-ring (bicyclic) bond motifs is 1. The van der Waals surface area contributed by atoms with E-state index in [1.165, 1.54) is 24.5 Å². The quantitative estimate of drug-likeness (QED) is 0.668. The molecule has 134 valence electrons. The zero-order valence-corrected chi connectivity index (χ0v) is 14.1. The van der Waals surface area contributed by atoms with Crippen molar-refractivity contribution in [2.45, 2.75) is 6.54 Å². The standard InChI is InChI=1S/C17H13FN2O5S/c18-11-3-4-13-10(6-11)7-14(26-13)16(22)25-9-15(21)20-17(23)19-8-12-2-1-5-24-12/h1-7H,8-9H2,(H2,19,20,21,23). The van der Waals surface area contributed by atoms with Crippen molar-refractivity contribution in [2.75, 3.05) is 6.61 Å². The summed E-state index contributed by atoms with van der Waals surface area (Å²) < 4.78 is 23.8. The van der Waals surface area contributed by atoms with Crippen LogP contribution in [0.5, 0.6) is 0 Å². The molecule has 0 aliphatic carbocycles. The number of hydrogen-bond acceptors (Lipinski definition) is 6. The van der Waals surface area contributed by atoms with Gasteiger partial charge in [0.25, 0.3) is 5.91 Å². The Hall–Kier alpha value is -3.20. The lowest BCUT2D eigenvalue weighted by atomic mass is 10.2. The Morgan fingerprint density at radius 2 is 2.04 bits per heavy atom. The minimum Gasteiger partial charge on any atom is -0.467 e. The van der Waals surface area contributed by atoms with Crippen LogP contribution in [0.2, 0.25) is 0 Å². The Morgan fingerprint density at radius 3 is 2.81 bits per heavy atom. The van der Waals surface area contributed by atoms with Gasteiger partial charge < -0.3 is 14.5 Å². The number of carbonyl (C=O) groups is 3. The van der Waals surface area contributed by atoms with Crippen LogP contribution in [0.3, 0.4) is 0 Å². The van der Waals surface area contributed by atoms with E-state index in [0.29, 0.717) is 11.1 Å². The highest BCUT2D eigenvalue weighted by Crippen LogP contribution is 2.26. The maximum absolute atomic E-state index is 13.2. The first-order valence-corrected chi connectivity index (χ1v) is 8.29. The molecule has 2 aromatic heterocycles. The van der Waals surface area contributed by atoms with Gasteiger partial charge in [0.05, 0.1) is 12.8 Å². The van der Waals surface area contributed by atoms with E-state index in [1.54, 1.807) is 18.2 Å². The molecule has 0 spiro atoms. The molecule has 7 nitrogen and oxygen atoms in total. The molecule has 3 amide bonds. The van der Waals surface area contributed by atoms with Crippen molar-refractivity contribution in [1.29, 1.82) is 0 Å². The number of urea groups is 1. The number of esters is 1. The summed E-state index contributed by atoms with van der Waals surface area (Å²) in [4.78, 5) is 35.4. The molecule has 1 aromatic carbocycles. The molecular formula is C17H13FN2O5S. The van der Waals surface area contributed by atoms with Crippen LogP contribution in [0, 0.1) is 5.82 Å². The second-order valence-electron chi connectivity index (χ2n) is 5.18. The number of ether oxygens (including phenoxy) is 1. The Morgan fingerprint density at radius 1 is 1.19 bits per heavy atom. The van der Waals surface area contributed by atoms with E-state index in [0.717, 1.165) is 16.0 Å². The van der Waals surface area contributed by atoms with Crippen LogP contribution in [-0.4, -0.2) is 24.5 Å². The van der Waals surface area contributed by atoms with E-state index in [9.17, 15) is 18.8 Å². The number of amides is 3. The van der Waals surface area contributed by atoms with Crippen LogP contribution in [0.4, 0.5) is 9.18 Å². The molecule has 0 saturated carbocycles. The van der Waals surface area contributed by atoms with Gasteiger partial charge in [-0.2, -0.15) is 0 Å². The first kappa shape index (κ1) is 17.6. The number of nitrogens with one attached hydrogen (secondary N) is 2. The van der Waals surface area contributed by atoms with Gasteiger partial charge in [-0.15, -0.1) is 11.3 Å². The highest BCUT2D eigenvalue weighted by atomic mass is 32.1. The first-order chi connectivity index (χ1) is 12.5. The largest absolute Gasteiger partial charge is 0.467 e. The number of furan rings is 1. The molecule has 0 fully saturated rings. The number of halogens is 1. The van der Waals surface area contributed by atoms with Crippen molar-refractivity contribution in [1.82, 2.24) is 10.6 Å². The Labute approximate surface area is 150 Å². The number of hydrogen-bond donors (Lipinski definition) is 2. The molecule has 3 aromatic rings. The monoisotopic (exact) mass is 376 g/mol. The summed E-state index contributed by atoms with van der Waals surface area (Å²) in [6.45, 7) is -0.500. The van der Waals surface area contributed by atoms with Crippen molar-refractivity contribution in [2.24, 2.45) is 0 Å². The molecule has 0 saturated heterocycles. The predicted molar refractivity (Wildman–Crippen MR) is 91.2 cm³/mol. The fourth-order valence-electron chi connectivity index (χ4n) is 2.10. The second kappa shape index (κ2) is 7.79. The molecule has 3 rings (SSSR count). The van der Waals surface area contributed by atoms with Gasteiger partial charge in [-0.3, -0.25) is 10.1 Å². The highest BCUT2D eigenvalue weighted by molar-refractivity contribution is 7.20. The lowest BCUT2D eigenvalue weighted by molar-refractivity contribution is -0.123. The molecule has 0 aliphatic heterocycles. The van der Waals surface area contributed by atoms with Crippen LogP contribution < -0.4 is 10.6 Å². The van der Waals surface area contributed by atoms with Crippen LogP contribution in [0.15, 0.2) is 47.1 Å². The molecule has 2 N–H and O–H groups in total. The van der Waals surface area contributed by atoms with Crippen molar-refractivity contribution < 1.29 is 27.9 Å². The maximum Gasteiger partial charge on any atom is 0.348 e. The Bertz CT molecular complexity index is 951. The summed E-state index contributed by atoms with van der Waals surface area (Å²) in [7, 11) is 0. The van der Waals surface area contributed by atoms with Crippen molar-refractivity contribution in [3.05, 3.63) is 59.1 Å². The summed E-state index contributed by atoms with van der Waals surface area (Å²) in [6, 6.07) is 8.24. The van der Waals surface area contributed by atoms with Gasteiger partial charge in [0, 0.05) is 4.70 Å². The van der Waals surface area contributed by atoms with Gasteiger partial charge in [0.1, 0.15) is 16.5 Å². The number of rotatable bonds is 5. The van der Waals surface area contributed by atoms with Gasteiger partial charge in [-0.25, -0.2) is 14.0 Å². The molecule has 0 atom stereocenters. The first-order valence-electron chi connectivity index (χ1n) is 7.47. The van der Waals surface area contributed by atoms with Crippen LogP contribution in [0.25, 0.3) is 10.1 Å².